The molecule has 2 aliphatic rings. The van der Waals surface area contributed by atoms with E-state index in [0.29, 0.717) is 11.5 Å². The highest BCUT2D eigenvalue weighted by Gasteiger charge is 2.39. The van der Waals surface area contributed by atoms with Crippen LogP contribution in [-0.4, -0.2) is 50.8 Å². The van der Waals surface area contributed by atoms with Crippen LogP contribution in [0.3, 0.4) is 0 Å². The van der Waals surface area contributed by atoms with E-state index < -0.39 is 0 Å². The Morgan fingerprint density at radius 3 is 2.79 bits per heavy atom. The topological polar surface area (TPSA) is 24.5 Å². The normalized spacial score (nSPS) is 32.6. The van der Waals surface area contributed by atoms with Crippen molar-refractivity contribution in [2.24, 2.45) is 5.41 Å². The first-order valence-electron chi connectivity index (χ1n) is 5.74. The zero-order chi connectivity index (χ0) is 10.0. The van der Waals surface area contributed by atoms with Gasteiger partial charge in [0.25, 0.3) is 0 Å². The van der Waals surface area contributed by atoms with E-state index in [0.717, 1.165) is 26.3 Å². The number of hydrogen-bond donors (Lipinski definition) is 1. The Balaban J connectivity index is 1.88. The van der Waals surface area contributed by atoms with Crippen LogP contribution < -0.4 is 5.32 Å². The molecule has 2 fully saturated rings. The fraction of sp³-hybridized carbons (Fsp3) is 1.00. The van der Waals surface area contributed by atoms with Gasteiger partial charge in [-0.15, -0.1) is 0 Å². The van der Waals surface area contributed by atoms with Crippen LogP contribution in [0, 0.1) is 5.41 Å². The van der Waals surface area contributed by atoms with Crippen molar-refractivity contribution < 1.29 is 4.74 Å². The van der Waals surface area contributed by atoms with Gasteiger partial charge in [0.2, 0.25) is 0 Å². The molecule has 0 spiro atoms. The Bertz CT molecular complexity index is 186. The minimum atomic E-state index is 0.498. The van der Waals surface area contributed by atoms with E-state index in [1.807, 2.05) is 0 Å². The third kappa shape index (κ3) is 1.95. The van der Waals surface area contributed by atoms with Gasteiger partial charge in [-0.3, -0.25) is 0 Å². The highest BCUT2D eigenvalue weighted by atomic mass is 16.5. The SMILES string of the molecule is CCC1(CC2CNCCN2C)COC1. The maximum atomic E-state index is 5.37. The monoisotopic (exact) mass is 198 g/mol. The molecule has 2 rings (SSSR count). The van der Waals surface area contributed by atoms with Crippen molar-refractivity contribution in [2.75, 3.05) is 39.9 Å². The summed E-state index contributed by atoms with van der Waals surface area (Å²) in [5, 5.41) is 3.48. The highest BCUT2D eigenvalue weighted by molar-refractivity contribution is 4.91. The molecular formula is C11H22N2O. The van der Waals surface area contributed by atoms with Gasteiger partial charge in [0.05, 0.1) is 13.2 Å². The van der Waals surface area contributed by atoms with Gasteiger partial charge in [-0.25, -0.2) is 0 Å². The fourth-order valence-corrected chi connectivity index (χ4v) is 2.45. The van der Waals surface area contributed by atoms with Crippen molar-refractivity contribution in [2.45, 2.75) is 25.8 Å². The van der Waals surface area contributed by atoms with Crippen LogP contribution >= 0.6 is 0 Å². The molecule has 0 saturated carbocycles. The smallest absolute Gasteiger partial charge is 0.0545 e. The first-order chi connectivity index (χ1) is 6.76. The minimum Gasteiger partial charge on any atom is -0.380 e. The summed E-state index contributed by atoms with van der Waals surface area (Å²) < 4.78 is 5.37. The van der Waals surface area contributed by atoms with Crippen LogP contribution in [-0.2, 0) is 4.74 Å². The molecule has 0 amide bonds. The molecular weight excluding hydrogens is 176 g/mol. The number of ether oxygens (including phenoxy) is 1. The third-order valence-corrected chi connectivity index (χ3v) is 3.88. The average molecular weight is 198 g/mol. The molecule has 1 atom stereocenters. The summed E-state index contributed by atoms with van der Waals surface area (Å²) in [6.45, 7) is 7.73. The molecule has 1 unspecified atom stereocenters. The number of piperazine rings is 1. The van der Waals surface area contributed by atoms with E-state index in [-0.39, 0.29) is 0 Å². The van der Waals surface area contributed by atoms with Gasteiger partial charge >= 0.3 is 0 Å². The maximum Gasteiger partial charge on any atom is 0.0545 e. The molecule has 2 heterocycles. The van der Waals surface area contributed by atoms with E-state index in [1.165, 1.54) is 19.4 Å². The van der Waals surface area contributed by atoms with Crippen molar-refractivity contribution >= 4 is 0 Å². The van der Waals surface area contributed by atoms with Crippen molar-refractivity contribution in [3.63, 3.8) is 0 Å². The number of nitrogens with zero attached hydrogens (tertiary/aromatic N) is 1. The molecule has 14 heavy (non-hydrogen) atoms. The first-order valence-corrected chi connectivity index (χ1v) is 5.74. The van der Waals surface area contributed by atoms with Gasteiger partial charge in [-0.2, -0.15) is 0 Å². The van der Waals surface area contributed by atoms with Gasteiger partial charge in [0, 0.05) is 31.1 Å². The van der Waals surface area contributed by atoms with E-state index >= 15 is 0 Å². The van der Waals surface area contributed by atoms with Crippen LogP contribution in [0.4, 0.5) is 0 Å². The number of likely N-dealkylation sites (N-methyl/N-ethyl adjacent to an activating group) is 1. The van der Waals surface area contributed by atoms with Crippen LogP contribution in [0.2, 0.25) is 0 Å². The zero-order valence-corrected chi connectivity index (χ0v) is 9.38. The maximum absolute atomic E-state index is 5.37. The summed E-state index contributed by atoms with van der Waals surface area (Å²) in [6.07, 6.45) is 2.56. The molecule has 0 aromatic heterocycles. The Hall–Kier alpha value is -0.120. The first kappa shape index (κ1) is 10.4. The van der Waals surface area contributed by atoms with Crippen LogP contribution in [0.15, 0.2) is 0 Å². The largest absolute Gasteiger partial charge is 0.380 e. The van der Waals surface area contributed by atoms with Crippen molar-refractivity contribution in [1.29, 1.82) is 0 Å². The van der Waals surface area contributed by atoms with Crippen LogP contribution in [0.1, 0.15) is 19.8 Å². The summed E-state index contributed by atoms with van der Waals surface area (Å²) in [5.74, 6) is 0. The van der Waals surface area contributed by atoms with Gasteiger partial charge in [-0.05, 0) is 19.9 Å². The summed E-state index contributed by atoms with van der Waals surface area (Å²) in [5.41, 5.74) is 0.498. The Labute approximate surface area is 86.8 Å². The standard InChI is InChI=1S/C11H22N2O/c1-3-11(8-14-9-11)6-10-7-12-4-5-13(10)2/h10,12H,3-9H2,1-2H3. The van der Waals surface area contributed by atoms with E-state index in [1.54, 1.807) is 0 Å². The molecule has 0 aromatic carbocycles. The lowest BCUT2D eigenvalue weighted by Crippen LogP contribution is -2.54. The number of hydrogen-bond acceptors (Lipinski definition) is 3. The molecule has 2 saturated heterocycles. The van der Waals surface area contributed by atoms with Crippen LogP contribution in [0.25, 0.3) is 0 Å². The van der Waals surface area contributed by atoms with Crippen molar-refractivity contribution in [3.05, 3.63) is 0 Å². The summed E-state index contributed by atoms with van der Waals surface area (Å²) in [6, 6.07) is 0.715. The average Bonchev–Trinajstić information content (AvgIpc) is 2.14. The molecule has 1 N–H and O–H groups in total. The molecule has 0 radical (unpaired) electrons. The van der Waals surface area contributed by atoms with Gasteiger partial charge in [0.1, 0.15) is 0 Å². The molecule has 82 valence electrons. The van der Waals surface area contributed by atoms with E-state index in [4.69, 9.17) is 4.74 Å². The van der Waals surface area contributed by atoms with Gasteiger partial charge in [-0.1, -0.05) is 6.92 Å². The Morgan fingerprint density at radius 1 is 1.50 bits per heavy atom. The summed E-state index contributed by atoms with van der Waals surface area (Å²) in [4.78, 5) is 2.49. The molecule has 0 aliphatic carbocycles. The second-order valence-corrected chi connectivity index (χ2v) is 4.89. The molecule has 2 aliphatic heterocycles. The number of rotatable bonds is 3. The molecule has 3 nitrogen and oxygen atoms in total. The van der Waals surface area contributed by atoms with Crippen LogP contribution in [0.5, 0.6) is 0 Å². The second-order valence-electron chi connectivity index (χ2n) is 4.89. The third-order valence-electron chi connectivity index (χ3n) is 3.88. The Kier molecular flexibility index (Phi) is 3.10. The fourth-order valence-electron chi connectivity index (χ4n) is 2.45. The summed E-state index contributed by atoms with van der Waals surface area (Å²) >= 11 is 0. The van der Waals surface area contributed by atoms with E-state index in [2.05, 4.69) is 24.2 Å². The predicted octanol–water partition coefficient (Wildman–Crippen LogP) is 0.707. The molecule has 0 aromatic rings. The highest BCUT2D eigenvalue weighted by Crippen LogP contribution is 2.37. The van der Waals surface area contributed by atoms with Gasteiger partial charge in [0.15, 0.2) is 0 Å². The Morgan fingerprint density at radius 2 is 2.29 bits per heavy atom. The predicted molar refractivity (Wildman–Crippen MR) is 57.4 cm³/mol. The zero-order valence-electron chi connectivity index (χ0n) is 9.38. The molecule has 3 heteroatoms. The lowest BCUT2D eigenvalue weighted by Gasteiger charge is -2.46. The lowest BCUT2D eigenvalue weighted by molar-refractivity contribution is -0.129. The van der Waals surface area contributed by atoms with Crippen molar-refractivity contribution in [1.82, 2.24) is 10.2 Å². The lowest BCUT2D eigenvalue weighted by atomic mass is 9.77. The van der Waals surface area contributed by atoms with Gasteiger partial charge < -0.3 is 15.0 Å². The molecule has 0 bridgehead atoms. The van der Waals surface area contributed by atoms with Crippen molar-refractivity contribution in [3.8, 4) is 0 Å². The second kappa shape index (κ2) is 4.17. The minimum absolute atomic E-state index is 0.498. The van der Waals surface area contributed by atoms with E-state index in [9.17, 15) is 0 Å². The quantitative estimate of drug-likeness (QED) is 0.723. The number of nitrogens with one attached hydrogen (secondary N) is 1. The summed E-state index contributed by atoms with van der Waals surface area (Å²) in [7, 11) is 2.24.